The van der Waals surface area contributed by atoms with Crippen LogP contribution >= 0.6 is 11.6 Å². The Labute approximate surface area is 122 Å². The van der Waals surface area contributed by atoms with Crippen molar-refractivity contribution in [2.75, 3.05) is 7.11 Å². The lowest BCUT2D eigenvalue weighted by Crippen LogP contribution is -2.22. The van der Waals surface area contributed by atoms with Crippen LogP contribution < -0.4 is 10.1 Å². The molecule has 0 spiro atoms. The lowest BCUT2D eigenvalue weighted by molar-refractivity contribution is 0.0948. The van der Waals surface area contributed by atoms with Crippen molar-refractivity contribution in [1.82, 2.24) is 5.32 Å². The summed E-state index contributed by atoms with van der Waals surface area (Å²) in [5, 5.41) is 12.8. The number of benzene rings is 2. The van der Waals surface area contributed by atoms with E-state index in [1.54, 1.807) is 7.11 Å². The summed E-state index contributed by atoms with van der Waals surface area (Å²) < 4.78 is 5.11. The van der Waals surface area contributed by atoms with Crippen LogP contribution in [0.1, 0.15) is 15.9 Å². The Hall–Kier alpha value is -2.20. The Bertz CT molecular complexity index is 628. The topological polar surface area (TPSA) is 58.6 Å². The molecular formula is C15H14ClNO3. The fourth-order valence-electron chi connectivity index (χ4n) is 1.75. The first-order chi connectivity index (χ1) is 9.60. The van der Waals surface area contributed by atoms with Crippen LogP contribution in [0.4, 0.5) is 0 Å². The molecule has 0 aromatic heterocycles. The second kappa shape index (κ2) is 6.30. The van der Waals surface area contributed by atoms with Crippen molar-refractivity contribution in [3.8, 4) is 11.5 Å². The van der Waals surface area contributed by atoms with Gasteiger partial charge in [-0.2, -0.15) is 0 Å². The molecule has 0 aliphatic rings. The standard InChI is InChI=1S/C15H14ClNO3/c1-20-12-4-2-3-10(7-12)9-17-15(19)13-8-11(16)5-6-14(13)18/h2-8,18H,9H2,1H3,(H,17,19). The molecule has 0 atom stereocenters. The molecule has 104 valence electrons. The minimum atomic E-state index is -0.382. The van der Waals surface area contributed by atoms with Crippen LogP contribution in [0.25, 0.3) is 0 Å². The Morgan fingerprint density at radius 3 is 2.85 bits per heavy atom. The number of ether oxygens (including phenoxy) is 1. The molecule has 0 radical (unpaired) electrons. The van der Waals surface area contributed by atoms with Gasteiger partial charge in [-0.3, -0.25) is 4.79 Å². The summed E-state index contributed by atoms with van der Waals surface area (Å²) in [6.45, 7) is 0.335. The summed E-state index contributed by atoms with van der Waals surface area (Å²) in [7, 11) is 1.59. The third kappa shape index (κ3) is 3.42. The summed E-state index contributed by atoms with van der Waals surface area (Å²) >= 11 is 5.81. The van der Waals surface area contributed by atoms with E-state index in [2.05, 4.69) is 5.32 Å². The first kappa shape index (κ1) is 14.2. The van der Waals surface area contributed by atoms with E-state index in [1.165, 1.54) is 18.2 Å². The van der Waals surface area contributed by atoms with E-state index >= 15 is 0 Å². The second-order valence-corrected chi connectivity index (χ2v) is 4.63. The summed E-state index contributed by atoms with van der Waals surface area (Å²) in [4.78, 5) is 12.0. The highest BCUT2D eigenvalue weighted by Crippen LogP contribution is 2.21. The van der Waals surface area contributed by atoms with Crippen molar-refractivity contribution in [3.63, 3.8) is 0 Å². The first-order valence-electron chi connectivity index (χ1n) is 6.00. The van der Waals surface area contributed by atoms with Crippen LogP contribution in [-0.4, -0.2) is 18.1 Å². The summed E-state index contributed by atoms with van der Waals surface area (Å²) in [6, 6.07) is 11.7. The molecular weight excluding hydrogens is 278 g/mol. The molecule has 0 heterocycles. The fraction of sp³-hybridized carbons (Fsp3) is 0.133. The summed E-state index contributed by atoms with van der Waals surface area (Å²) in [6.07, 6.45) is 0. The largest absolute Gasteiger partial charge is 0.507 e. The van der Waals surface area contributed by atoms with E-state index < -0.39 is 0 Å². The average molecular weight is 292 g/mol. The maximum absolute atomic E-state index is 12.0. The zero-order valence-corrected chi connectivity index (χ0v) is 11.6. The molecule has 0 saturated carbocycles. The van der Waals surface area contributed by atoms with Gasteiger partial charge in [-0.05, 0) is 35.9 Å². The minimum Gasteiger partial charge on any atom is -0.507 e. The summed E-state index contributed by atoms with van der Waals surface area (Å²) in [5.41, 5.74) is 1.06. The number of methoxy groups -OCH3 is 1. The van der Waals surface area contributed by atoms with Crippen LogP contribution in [0.5, 0.6) is 11.5 Å². The van der Waals surface area contributed by atoms with Crippen molar-refractivity contribution in [1.29, 1.82) is 0 Å². The highest BCUT2D eigenvalue weighted by atomic mass is 35.5. The van der Waals surface area contributed by atoms with Gasteiger partial charge in [0.25, 0.3) is 5.91 Å². The van der Waals surface area contributed by atoms with Crippen molar-refractivity contribution < 1.29 is 14.6 Å². The van der Waals surface area contributed by atoms with Gasteiger partial charge in [-0.1, -0.05) is 23.7 Å². The zero-order chi connectivity index (χ0) is 14.5. The first-order valence-corrected chi connectivity index (χ1v) is 6.37. The highest BCUT2D eigenvalue weighted by molar-refractivity contribution is 6.31. The number of phenols is 1. The number of hydrogen-bond acceptors (Lipinski definition) is 3. The summed E-state index contributed by atoms with van der Waals surface area (Å²) in [5.74, 6) is 0.243. The van der Waals surface area contributed by atoms with Crippen molar-refractivity contribution in [2.24, 2.45) is 0 Å². The third-order valence-corrected chi connectivity index (χ3v) is 3.03. The molecule has 2 N–H and O–H groups in total. The number of phenolic OH excluding ortho intramolecular Hbond substituents is 1. The molecule has 2 aromatic rings. The average Bonchev–Trinajstić information content (AvgIpc) is 2.47. The predicted octanol–water partition coefficient (Wildman–Crippen LogP) is 2.98. The van der Waals surface area contributed by atoms with Crippen LogP contribution in [0.15, 0.2) is 42.5 Å². The van der Waals surface area contributed by atoms with Gasteiger partial charge in [-0.25, -0.2) is 0 Å². The number of carbonyl (C=O) groups excluding carboxylic acids is 1. The van der Waals surface area contributed by atoms with Gasteiger partial charge in [0, 0.05) is 11.6 Å². The molecule has 5 heteroatoms. The number of amides is 1. The van der Waals surface area contributed by atoms with Crippen molar-refractivity contribution >= 4 is 17.5 Å². The predicted molar refractivity (Wildman–Crippen MR) is 77.3 cm³/mol. The van der Waals surface area contributed by atoms with Crippen LogP contribution in [0, 0.1) is 0 Å². The maximum Gasteiger partial charge on any atom is 0.255 e. The van der Waals surface area contributed by atoms with Gasteiger partial charge >= 0.3 is 0 Å². The smallest absolute Gasteiger partial charge is 0.255 e. The monoisotopic (exact) mass is 291 g/mol. The fourth-order valence-corrected chi connectivity index (χ4v) is 1.92. The van der Waals surface area contributed by atoms with Gasteiger partial charge in [0.1, 0.15) is 11.5 Å². The number of halogens is 1. The molecule has 2 aromatic carbocycles. The van der Waals surface area contributed by atoms with Gasteiger partial charge < -0.3 is 15.2 Å². The number of carbonyl (C=O) groups is 1. The zero-order valence-electron chi connectivity index (χ0n) is 10.9. The molecule has 0 fully saturated rings. The van der Waals surface area contributed by atoms with Gasteiger partial charge in [0.05, 0.1) is 12.7 Å². The minimum absolute atomic E-state index is 0.0995. The molecule has 2 rings (SSSR count). The van der Waals surface area contributed by atoms with E-state index in [-0.39, 0.29) is 17.2 Å². The number of rotatable bonds is 4. The number of hydrogen-bond donors (Lipinski definition) is 2. The molecule has 4 nitrogen and oxygen atoms in total. The number of aromatic hydroxyl groups is 1. The van der Waals surface area contributed by atoms with Crippen molar-refractivity contribution in [2.45, 2.75) is 6.54 Å². The van der Waals surface area contributed by atoms with Crippen LogP contribution in [-0.2, 0) is 6.54 Å². The molecule has 20 heavy (non-hydrogen) atoms. The molecule has 0 aliphatic carbocycles. The Kier molecular flexibility index (Phi) is 4.48. The number of nitrogens with one attached hydrogen (secondary N) is 1. The second-order valence-electron chi connectivity index (χ2n) is 4.20. The van der Waals surface area contributed by atoms with E-state index in [0.29, 0.717) is 11.6 Å². The van der Waals surface area contributed by atoms with E-state index in [9.17, 15) is 9.90 Å². The SMILES string of the molecule is COc1cccc(CNC(=O)c2cc(Cl)ccc2O)c1. The Balaban J connectivity index is 2.06. The Morgan fingerprint density at radius 1 is 1.30 bits per heavy atom. The van der Waals surface area contributed by atoms with Gasteiger partial charge in [-0.15, -0.1) is 0 Å². The molecule has 1 amide bonds. The third-order valence-electron chi connectivity index (χ3n) is 2.79. The lowest BCUT2D eigenvalue weighted by atomic mass is 10.1. The van der Waals surface area contributed by atoms with Crippen LogP contribution in [0.3, 0.4) is 0 Å². The Morgan fingerprint density at radius 2 is 2.10 bits per heavy atom. The molecule has 0 bridgehead atoms. The lowest BCUT2D eigenvalue weighted by Gasteiger charge is -2.08. The van der Waals surface area contributed by atoms with E-state index in [0.717, 1.165) is 11.3 Å². The van der Waals surface area contributed by atoms with Gasteiger partial charge in [0.15, 0.2) is 0 Å². The maximum atomic E-state index is 12.0. The van der Waals surface area contributed by atoms with Gasteiger partial charge in [0.2, 0.25) is 0 Å². The van der Waals surface area contributed by atoms with E-state index in [1.807, 2.05) is 24.3 Å². The normalized spacial score (nSPS) is 10.1. The van der Waals surface area contributed by atoms with Crippen molar-refractivity contribution in [3.05, 3.63) is 58.6 Å². The molecule has 0 aliphatic heterocycles. The molecule has 0 saturated heterocycles. The quantitative estimate of drug-likeness (QED) is 0.910. The van der Waals surface area contributed by atoms with Crippen LogP contribution in [0.2, 0.25) is 5.02 Å². The highest BCUT2D eigenvalue weighted by Gasteiger charge is 2.11. The molecule has 0 unspecified atom stereocenters. The van der Waals surface area contributed by atoms with E-state index in [4.69, 9.17) is 16.3 Å².